The van der Waals surface area contributed by atoms with Crippen LogP contribution in [0.5, 0.6) is 0 Å². The molecule has 1 fully saturated rings. The molecule has 0 radical (unpaired) electrons. The van der Waals surface area contributed by atoms with Crippen molar-refractivity contribution in [2.45, 2.75) is 124 Å². The van der Waals surface area contributed by atoms with Crippen molar-refractivity contribution in [3.63, 3.8) is 0 Å². The minimum absolute atomic E-state index is 0. The predicted molar refractivity (Wildman–Crippen MR) is 160 cm³/mol. The summed E-state index contributed by atoms with van der Waals surface area (Å²) in [6.07, 6.45) is 18.4. The molecule has 1 saturated carbocycles. The minimum atomic E-state index is 0. The van der Waals surface area contributed by atoms with Crippen molar-refractivity contribution in [3.05, 3.63) is 75.4 Å². The molecule has 0 bridgehead atoms. The molecule has 0 spiro atoms. The van der Waals surface area contributed by atoms with Crippen molar-refractivity contribution in [2.24, 2.45) is 0 Å². The molecule has 5 rings (SSSR count). The van der Waals surface area contributed by atoms with Crippen molar-refractivity contribution in [2.75, 3.05) is 0 Å². The van der Waals surface area contributed by atoms with Crippen LogP contribution in [0.1, 0.15) is 133 Å². The predicted octanol–water partition coefficient (Wildman–Crippen LogP) is 3.80. The van der Waals surface area contributed by atoms with E-state index in [-0.39, 0.29) is 35.6 Å². The van der Waals surface area contributed by atoms with E-state index in [1.807, 2.05) is 0 Å². The Kier molecular flexibility index (Phi) is 12.3. The van der Waals surface area contributed by atoms with Gasteiger partial charge in [-0.25, -0.2) is 0 Å². The van der Waals surface area contributed by atoms with E-state index >= 15 is 0 Å². The molecular weight excluding hydrogens is 595 g/mol. The molecule has 0 aliphatic heterocycles. The van der Waals surface area contributed by atoms with Crippen molar-refractivity contribution in [1.29, 1.82) is 0 Å². The molecule has 3 aliphatic rings. The van der Waals surface area contributed by atoms with Crippen LogP contribution in [0, 0.1) is 6.07 Å². The van der Waals surface area contributed by atoms with Gasteiger partial charge in [0, 0.05) is 0 Å². The third-order valence-corrected chi connectivity index (χ3v) is 9.48. The quantitative estimate of drug-likeness (QED) is 0.382. The van der Waals surface area contributed by atoms with Gasteiger partial charge in [-0.3, -0.25) is 0 Å². The second-order valence-electron chi connectivity index (χ2n) is 13.2. The van der Waals surface area contributed by atoms with E-state index in [1.54, 1.807) is 33.0 Å². The zero-order valence-corrected chi connectivity index (χ0v) is 29.5. The Morgan fingerprint density at radius 3 is 1.95 bits per heavy atom. The van der Waals surface area contributed by atoms with Crippen LogP contribution in [-0.4, -0.2) is 3.21 Å². The van der Waals surface area contributed by atoms with Crippen molar-refractivity contribution >= 4 is 8.78 Å². The molecule has 0 saturated heterocycles. The Morgan fingerprint density at radius 2 is 1.49 bits per heavy atom. The van der Waals surface area contributed by atoms with Gasteiger partial charge in [-0.15, -0.1) is 27.8 Å². The standard InChI is InChI=1S/C30H37.C6H10.2ClH.Zr/c1-9-19-16-23(29(3,4)5)17-21-15-22-18-25(30(6,7)8)27(20-13-11-12-14-20)24(10-2)28(22)26(19)21;1-2-4-6-5-3-1;;;/h11-13,16-17H,9-10,14-15H2,1-8H3;1-5H2;2*1H;/q-1;;;;+2/p-2. The topological polar surface area (TPSA) is 0 Å². The zero-order chi connectivity index (χ0) is 27.0. The summed E-state index contributed by atoms with van der Waals surface area (Å²) in [4.78, 5) is 0. The van der Waals surface area contributed by atoms with E-state index in [9.17, 15) is 0 Å². The fourth-order valence-corrected chi connectivity index (χ4v) is 7.05. The SMILES string of the molecule is CCc1cc(C(C)(C)C)cc2c1-c1c([c-]c(C(C)(C)C)c(C3=CC=CC3)c1CC)C2.[Cl-].[Cl-].[Zr+2]=[C]1CCCCC1. The summed E-state index contributed by atoms with van der Waals surface area (Å²) < 4.78 is 1.80. The number of halogens is 2. The number of fused-ring (bicyclic) bond motifs is 3. The van der Waals surface area contributed by atoms with E-state index in [0.29, 0.717) is 0 Å². The molecule has 3 heteroatoms. The van der Waals surface area contributed by atoms with Crippen molar-refractivity contribution in [1.82, 2.24) is 0 Å². The Bertz CT molecular complexity index is 1240. The molecule has 210 valence electrons. The van der Waals surface area contributed by atoms with E-state index < -0.39 is 0 Å². The molecule has 0 nitrogen and oxygen atoms in total. The monoisotopic (exact) mass is 639 g/mol. The van der Waals surface area contributed by atoms with E-state index in [0.717, 1.165) is 25.7 Å². The first-order valence-corrected chi connectivity index (χ1v) is 15.9. The van der Waals surface area contributed by atoms with Crippen LogP contribution in [0.4, 0.5) is 0 Å². The summed E-state index contributed by atoms with van der Waals surface area (Å²) in [5, 5.41) is 0. The van der Waals surface area contributed by atoms with Crippen LogP contribution in [-0.2, 0) is 54.3 Å². The molecule has 0 N–H and O–H groups in total. The van der Waals surface area contributed by atoms with Gasteiger partial charge >= 0.3 is 59.5 Å². The molecule has 0 unspecified atom stereocenters. The summed E-state index contributed by atoms with van der Waals surface area (Å²) in [6, 6.07) is 8.93. The van der Waals surface area contributed by atoms with Crippen molar-refractivity contribution in [3.8, 4) is 11.1 Å². The Hall–Kier alpha value is -0.747. The number of allylic oxidation sites excluding steroid dienone is 4. The van der Waals surface area contributed by atoms with Crippen LogP contribution >= 0.6 is 0 Å². The molecule has 0 atom stereocenters. The number of aryl methyl sites for hydroxylation is 1. The Balaban J connectivity index is 0.000000518. The zero-order valence-electron chi connectivity index (χ0n) is 25.5. The molecule has 0 aromatic heterocycles. The summed E-state index contributed by atoms with van der Waals surface area (Å²) in [7, 11) is 0. The third-order valence-electron chi connectivity index (χ3n) is 8.25. The van der Waals surface area contributed by atoms with Gasteiger partial charge in [0.25, 0.3) is 0 Å². The van der Waals surface area contributed by atoms with Gasteiger partial charge in [-0.2, -0.15) is 6.07 Å². The van der Waals surface area contributed by atoms with Gasteiger partial charge in [-0.05, 0) is 41.2 Å². The van der Waals surface area contributed by atoms with Gasteiger partial charge in [0.1, 0.15) is 0 Å². The van der Waals surface area contributed by atoms with Gasteiger partial charge < -0.3 is 24.8 Å². The third kappa shape index (κ3) is 7.56. The second kappa shape index (κ2) is 13.9. The summed E-state index contributed by atoms with van der Waals surface area (Å²) >= 11 is 1.69. The average Bonchev–Trinajstić information content (AvgIpc) is 3.50. The fraction of sp³-hybridized carbons (Fsp3) is 0.528. The second-order valence-corrected chi connectivity index (χ2v) is 15.0. The van der Waals surface area contributed by atoms with Crippen molar-refractivity contribution < 1.29 is 49.0 Å². The first kappa shape index (κ1) is 34.5. The van der Waals surface area contributed by atoms with Gasteiger partial charge in [0.15, 0.2) is 0 Å². The molecule has 2 aromatic rings. The number of hydrogen-bond donors (Lipinski definition) is 0. The first-order valence-electron chi connectivity index (χ1n) is 14.7. The number of rotatable bonds is 3. The van der Waals surface area contributed by atoms with E-state index in [4.69, 9.17) is 0 Å². The molecular formula is C36H47Cl2Zr-. The number of benzene rings is 2. The molecule has 3 aliphatic carbocycles. The van der Waals surface area contributed by atoms with E-state index in [2.05, 4.69) is 91.8 Å². The Labute approximate surface area is 266 Å². The molecule has 2 aromatic carbocycles. The number of hydrogen-bond acceptors (Lipinski definition) is 0. The first-order chi connectivity index (χ1) is 17.5. The van der Waals surface area contributed by atoms with Crippen LogP contribution in [0.25, 0.3) is 16.7 Å². The summed E-state index contributed by atoms with van der Waals surface area (Å²) in [5.41, 5.74) is 15.0. The van der Waals surface area contributed by atoms with Gasteiger partial charge in [0.05, 0.1) is 0 Å². The average molecular weight is 642 g/mol. The van der Waals surface area contributed by atoms with Gasteiger partial charge in [0.2, 0.25) is 0 Å². The molecule has 0 heterocycles. The van der Waals surface area contributed by atoms with Crippen LogP contribution < -0.4 is 24.8 Å². The van der Waals surface area contributed by atoms with E-state index in [1.165, 1.54) is 82.2 Å². The maximum atomic E-state index is 3.97. The molecule has 0 amide bonds. The normalized spacial score (nSPS) is 15.9. The van der Waals surface area contributed by atoms with Crippen LogP contribution in [0.2, 0.25) is 0 Å². The molecule has 39 heavy (non-hydrogen) atoms. The Morgan fingerprint density at radius 1 is 0.821 bits per heavy atom. The summed E-state index contributed by atoms with van der Waals surface area (Å²) in [6.45, 7) is 18.7. The van der Waals surface area contributed by atoms with Gasteiger partial charge in [-0.1, -0.05) is 109 Å². The fourth-order valence-electron chi connectivity index (χ4n) is 6.18. The van der Waals surface area contributed by atoms with Crippen LogP contribution in [0.15, 0.2) is 30.4 Å². The maximum absolute atomic E-state index is 3.97. The summed E-state index contributed by atoms with van der Waals surface area (Å²) in [5.74, 6) is 0. The van der Waals surface area contributed by atoms with Crippen LogP contribution in [0.3, 0.4) is 0 Å².